The van der Waals surface area contributed by atoms with Gasteiger partial charge in [-0.05, 0) is 45.4 Å². The summed E-state index contributed by atoms with van der Waals surface area (Å²) in [5.41, 5.74) is -0.0713. The summed E-state index contributed by atoms with van der Waals surface area (Å²) in [6.07, 6.45) is 1.73. The molecule has 5 nitrogen and oxygen atoms in total. The Balaban J connectivity index is 2.93. The largest absolute Gasteiger partial charge is 0.326 e. The van der Waals surface area contributed by atoms with Crippen LogP contribution in [0, 0.1) is 5.92 Å². The van der Waals surface area contributed by atoms with Crippen LogP contribution in [0.2, 0.25) is 0 Å². The summed E-state index contributed by atoms with van der Waals surface area (Å²) in [5, 5.41) is 2.77. The third kappa shape index (κ3) is 5.77. The first-order valence-electron chi connectivity index (χ1n) is 7.50. The minimum absolute atomic E-state index is 0.0971. The zero-order chi connectivity index (χ0) is 17.0. The molecule has 0 fully saturated rings. The van der Waals surface area contributed by atoms with Gasteiger partial charge in [0.15, 0.2) is 0 Å². The smallest absolute Gasteiger partial charge is 0.241 e. The normalized spacial score (nSPS) is 13.7. The molecular formula is C16H26N2O3S. The van der Waals surface area contributed by atoms with Crippen LogP contribution in [0.3, 0.4) is 0 Å². The first-order chi connectivity index (χ1) is 10.0. The molecule has 1 atom stereocenters. The van der Waals surface area contributed by atoms with Gasteiger partial charge in [0.25, 0.3) is 0 Å². The molecule has 1 aromatic rings. The number of sulfonamides is 1. The lowest BCUT2D eigenvalue weighted by Gasteiger charge is -2.20. The van der Waals surface area contributed by atoms with Crippen molar-refractivity contribution < 1.29 is 13.2 Å². The lowest BCUT2D eigenvalue weighted by atomic mass is 10.1. The molecule has 124 valence electrons. The molecule has 0 saturated carbocycles. The molecule has 0 bridgehead atoms. The molecule has 1 rings (SSSR count). The van der Waals surface area contributed by atoms with E-state index in [4.69, 9.17) is 0 Å². The van der Waals surface area contributed by atoms with Gasteiger partial charge in [-0.1, -0.05) is 26.3 Å². The first-order valence-corrected chi connectivity index (χ1v) is 8.98. The fraction of sp³-hybridized carbons (Fsp3) is 0.562. The molecule has 1 amide bonds. The van der Waals surface area contributed by atoms with Gasteiger partial charge >= 0.3 is 0 Å². The average molecular weight is 326 g/mol. The van der Waals surface area contributed by atoms with Crippen molar-refractivity contribution in [3.63, 3.8) is 0 Å². The van der Waals surface area contributed by atoms with Gasteiger partial charge < -0.3 is 5.32 Å². The monoisotopic (exact) mass is 326 g/mol. The van der Waals surface area contributed by atoms with Gasteiger partial charge in [0.05, 0.1) is 4.90 Å². The molecule has 0 aliphatic rings. The Bertz CT molecular complexity index is 619. The van der Waals surface area contributed by atoms with Crippen LogP contribution in [0.5, 0.6) is 0 Å². The molecule has 0 aliphatic carbocycles. The second-order valence-electron chi connectivity index (χ2n) is 6.56. The molecule has 0 aromatic heterocycles. The Morgan fingerprint density at radius 1 is 1.27 bits per heavy atom. The van der Waals surface area contributed by atoms with Crippen LogP contribution >= 0.6 is 0 Å². The molecule has 0 spiro atoms. The molecule has 0 aliphatic heterocycles. The second-order valence-corrected chi connectivity index (χ2v) is 8.24. The molecule has 0 heterocycles. The van der Waals surface area contributed by atoms with E-state index in [-0.39, 0.29) is 16.7 Å². The molecule has 22 heavy (non-hydrogen) atoms. The Morgan fingerprint density at radius 3 is 2.45 bits per heavy atom. The average Bonchev–Trinajstić information content (AvgIpc) is 2.36. The van der Waals surface area contributed by atoms with Crippen LogP contribution in [0.25, 0.3) is 0 Å². The summed E-state index contributed by atoms with van der Waals surface area (Å²) in [4.78, 5) is 12.2. The molecule has 0 saturated heterocycles. The Morgan fingerprint density at radius 2 is 1.91 bits per heavy atom. The number of carbonyl (C=O) groups excluding carboxylic acids is 1. The maximum atomic E-state index is 12.3. The van der Waals surface area contributed by atoms with E-state index < -0.39 is 15.6 Å². The number of carbonyl (C=O) groups is 1. The summed E-state index contributed by atoms with van der Waals surface area (Å²) >= 11 is 0. The standard InChI is InChI=1S/C16H26N2O3S/c1-6-8-12(2)15(19)17-13-9-7-10-14(11-13)22(20,21)18-16(3,4)5/h7,9-12,18H,6,8H2,1-5H3,(H,17,19). The highest BCUT2D eigenvalue weighted by Gasteiger charge is 2.22. The van der Waals surface area contributed by atoms with E-state index in [1.165, 1.54) is 12.1 Å². The number of nitrogens with one attached hydrogen (secondary N) is 2. The van der Waals surface area contributed by atoms with Crippen molar-refractivity contribution in [2.75, 3.05) is 5.32 Å². The van der Waals surface area contributed by atoms with Gasteiger partial charge in [0.2, 0.25) is 15.9 Å². The lowest BCUT2D eigenvalue weighted by molar-refractivity contribution is -0.119. The van der Waals surface area contributed by atoms with Gasteiger partial charge in [-0.15, -0.1) is 0 Å². The Hall–Kier alpha value is -1.40. The van der Waals surface area contributed by atoms with Crippen LogP contribution < -0.4 is 10.0 Å². The highest BCUT2D eigenvalue weighted by Crippen LogP contribution is 2.18. The first kappa shape index (κ1) is 18.6. The topological polar surface area (TPSA) is 75.3 Å². The summed E-state index contributed by atoms with van der Waals surface area (Å²) in [6.45, 7) is 9.23. The molecule has 1 aromatic carbocycles. The van der Waals surface area contributed by atoms with E-state index in [0.717, 1.165) is 12.8 Å². The lowest BCUT2D eigenvalue weighted by Crippen LogP contribution is -2.40. The predicted octanol–water partition coefficient (Wildman–Crippen LogP) is 3.14. The number of amides is 1. The SMILES string of the molecule is CCCC(C)C(=O)Nc1cccc(S(=O)(=O)NC(C)(C)C)c1. The number of anilines is 1. The van der Waals surface area contributed by atoms with E-state index in [2.05, 4.69) is 10.0 Å². The minimum atomic E-state index is -3.61. The van der Waals surface area contributed by atoms with Crippen LogP contribution in [0.1, 0.15) is 47.5 Å². The van der Waals surface area contributed by atoms with Crippen molar-refractivity contribution in [2.45, 2.75) is 57.9 Å². The highest BCUT2D eigenvalue weighted by atomic mass is 32.2. The van der Waals surface area contributed by atoms with E-state index in [1.807, 2.05) is 13.8 Å². The van der Waals surface area contributed by atoms with Crippen LogP contribution in [0.4, 0.5) is 5.69 Å². The summed E-state index contributed by atoms with van der Waals surface area (Å²) in [5.74, 6) is -0.196. The maximum Gasteiger partial charge on any atom is 0.241 e. The van der Waals surface area contributed by atoms with Gasteiger partial charge in [-0.2, -0.15) is 0 Å². The van der Waals surface area contributed by atoms with E-state index in [1.54, 1.807) is 32.9 Å². The minimum Gasteiger partial charge on any atom is -0.326 e. The Labute approximate surface area is 133 Å². The molecule has 2 N–H and O–H groups in total. The quantitative estimate of drug-likeness (QED) is 0.843. The number of rotatable bonds is 6. The van der Waals surface area contributed by atoms with E-state index in [9.17, 15) is 13.2 Å². The van der Waals surface area contributed by atoms with E-state index >= 15 is 0 Å². The molecule has 6 heteroatoms. The summed E-state index contributed by atoms with van der Waals surface area (Å²) in [6, 6.07) is 6.30. The van der Waals surface area contributed by atoms with Crippen molar-refractivity contribution in [3.05, 3.63) is 24.3 Å². The van der Waals surface area contributed by atoms with Gasteiger partial charge in [0.1, 0.15) is 0 Å². The molecule has 1 unspecified atom stereocenters. The van der Waals surface area contributed by atoms with Gasteiger partial charge in [-0.25, -0.2) is 13.1 Å². The van der Waals surface area contributed by atoms with Crippen molar-refractivity contribution in [3.8, 4) is 0 Å². The number of benzene rings is 1. The number of hydrogen-bond acceptors (Lipinski definition) is 3. The molecular weight excluding hydrogens is 300 g/mol. The summed E-state index contributed by atoms with van der Waals surface area (Å²) in [7, 11) is -3.61. The van der Waals surface area contributed by atoms with Crippen LogP contribution in [-0.2, 0) is 14.8 Å². The predicted molar refractivity (Wildman–Crippen MR) is 89.2 cm³/mol. The molecule has 0 radical (unpaired) electrons. The second kappa shape index (κ2) is 7.24. The Kier molecular flexibility index (Phi) is 6.14. The summed E-state index contributed by atoms with van der Waals surface area (Å²) < 4.78 is 27.2. The van der Waals surface area contributed by atoms with Gasteiger partial charge in [0, 0.05) is 17.1 Å². The zero-order valence-corrected chi connectivity index (χ0v) is 14.8. The number of hydrogen-bond donors (Lipinski definition) is 2. The van der Waals surface area contributed by atoms with Crippen molar-refractivity contribution in [1.29, 1.82) is 0 Å². The highest BCUT2D eigenvalue weighted by molar-refractivity contribution is 7.89. The van der Waals surface area contributed by atoms with Crippen LogP contribution in [-0.4, -0.2) is 19.9 Å². The van der Waals surface area contributed by atoms with Crippen molar-refractivity contribution >= 4 is 21.6 Å². The van der Waals surface area contributed by atoms with Crippen LogP contribution in [0.15, 0.2) is 29.2 Å². The van der Waals surface area contributed by atoms with Crippen molar-refractivity contribution in [2.24, 2.45) is 5.92 Å². The van der Waals surface area contributed by atoms with Gasteiger partial charge in [-0.3, -0.25) is 4.79 Å². The van der Waals surface area contributed by atoms with Crippen molar-refractivity contribution in [1.82, 2.24) is 4.72 Å². The van der Waals surface area contributed by atoms with E-state index in [0.29, 0.717) is 5.69 Å². The fourth-order valence-corrected chi connectivity index (χ4v) is 3.50. The third-order valence-electron chi connectivity index (χ3n) is 3.02. The maximum absolute atomic E-state index is 12.3. The zero-order valence-electron chi connectivity index (χ0n) is 13.9. The fourth-order valence-electron chi connectivity index (χ4n) is 2.03. The third-order valence-corrected chi connectivity index (χ3v) is 4.78.